The van der Waals surface area contributed by atoms with Crippen molar-refractivity contribution in [2.75, 3.05) is 0 Å². The maximum absolute atomic E-state index is 11.4. The number of aromatic nitrogens is 1. The van der Waals surface area contributed by atoms with Gasteiger partial charge in [-0.1, -0.05) is 26.8 Å². The minimum absolute atomic E-state index is 0.0000694. The van der Waals surface area contributed by atoms with E-state index in [1.165, 1.54) is 0 Å². The van der Waals surface area contributed by atoms with E-state index >= 15 is 0 Å². The third-order valence-electron chi connectivity index (χ3n) is 1.58. The molecule has 1 aromatic rings. The zero-order valence-corrected chi connectivity index (χ0v) is 8.32. The van der Waals surface area contributed by atoms with E-state index in [9.17, 15) is 4.79 Å². The number of carbonyl (C=O) groups is 1. The van der Waals surface area contributed by atoms with E-state index in [-0.39, 0.29) is 11.3 Å². The molecule has 0 spiro atoms. The molecule has 0 unspecified atom stereocenters. The van der Waals surface area contributed by atoms with Crippen LogP contribution in [0.4, 0.5) is 0 Å². The van der Waals surface area contributed by atoms with E-state index in [1.54, 1.807) is 23.0 Å². The molecule has 0 aliphatic carbocycles. The van der Waals surface area contributed by atoms with E-state index < -0.39 is 0 Å². The van der Waals surface area contributed by atoms with Crippen molar-refractivity contribution >= 4 is 5.91 Å². The van der Waals surface area contributed by atoms with E-state index in [0.717, 1.165) is 0 Å². The zero-order valence-electron chi connectivity index (χ0n) is 8.32. The van der Waals surface area contributed by atoms with Crippen molar-refractivity contribution in [1.29, 1.82) is 0 Å². The van der Waals surface area contributed by atoms with Crippen LogP contribution in [0.5, 0.6) is 0 Å². The molecular formula is C11H15NO. The van der Waals surface area contributed by atoms with Crippen LogP contribution in [0.25, 0.3) is 0 Å². The van der Waals surface area contributed by atoms with Crippen LogP contribution < -0.4 is 0 Å². The van der Waals surface area contributed by atoms with Gasteiger partial charge in [-0.15, -0.1) is 0 Å². The normalized spacial score (nSPS) is 12.2. The lowest BCUT2D eigenvalue weighted by molar-refractivity contribution is 0.0968. The first-order valence-corrected chi connectivity index (χ1v) is 4.35. The Morgan fingerprint density at radius 1 is 1.23 bits per heavy atom. The fourth-order valence-electron chi connectivity index (χ4n) is 0.889. The predicted molar refractivity (Wildman–Crippen MR) is 53.7 cm³/mol. The van der Waals surface area contributed by atoms with Crippen molar-refractivity contribution in [2.45, 2.75) is 20.8 Å². The average molecular weight is 177 g/mol. The Hall–Kier alpha value is -1.31. The quantitative estimate of drug-likeness (QED) is 0.604. The Balaban J connectivity index is 2.67. The van der Waals surface area contributed by atoms with Gasteiger partial charge in [-0.2, -0.15) is 0 Å². The van der Waals surface area contributed by atoms with Gasteiger partial charge in [0.2, 0.25) is 0 Å². The largest absolute Gasteiger partial charge is 0.291 e. The number of carbonyl (C=O) groups excluding carboxylic acids is 1. The lowest BCUT2D eigenvalue weighted by Gasteiger charge is -2.10. The first-order valence-electron chi connectivity index (χ1n) is 4.35. The maximum atomic E-state index is 11.4. The fourth-order valence-corrected chi connectivity index (χ4v) is 0.889. The smallest absolute Gasteiger partial charge is 0.254 e. The minimum atomic E-state index is -0.0000694. The van der Waals surface area contributed by atoms with Gasteiger partial charge in [0, 0.05) is 18.5 Å². The highest BCUT2D eigenvalue weighted by Gasteiger charge is 2.05. The van der Waals surface area contributed by atoms with Gasteiger partial charge in [-0.05, 0) is 17.5 Å². The second-order valence-corrected chi connectivity index (χ2v) is 4.13. The molecule has 1 aromatic heterocycles. The first kappa shape index (κ1) is 9.78. The van der Waals surface area contributed by atoms with E-state index in [2.05, 4.69) is 20.8 Å². The molecular weight excluding hydrogens is 162 g/mol. The summed E-state index contributed by atoms with van der Waals surface area (Å²) in [7, 11) is 0. The molecule has 1 heterocycles. The highest BCUT2D eigenvalue weighted by Crippen LogP contribution is 2.14. The van der Waals surface area contributed by atoms with E-state index in [4.69, 9.17) is 0 Å². The SMILES string of the molecule is CC(C)(C)/C=C/C(=O)n1cccc1. The summed E-state index contributed by atoms with van der Waals surface area (Å²) in [4.78, 5) is 11.4. The number of rotatable bonds is 1. The maximum Gasteiger partial charge on any atom is 0.254 e. The van der Waals surface area contributed by atoms with Crippen molar-refractivity contribution in [3.8, 4) is 0 Å². The molecule has 0 aliphatic heterocycles. The summed E-state index contributed by atoms with van der Waals surface area (Å²) >= 11 is 0. The van der Waals surface area contributed by atoms with Gasteiger partial charge in [-0.3, -0.25) is 9.36 Å². The van der Waals surface area contributed by atoms with Crippen LogP contribution in [-0.2, 0) is 0 Å². The summed E-state index contributed by atoms with van der Waals surface area (Å²) in [5.41, 5.74) is 0.0583. The van der Waals surface area contributed by atoms with E-state index in [1.807, 2.05) is 18.2 Å². The van der Waals surface area contributed by atoms with Gasteiger partial charge in [0.05, 0.1) is 0 Å². The van der Waals surface area contributed by atoms with Gasteiger partial charge in [0.1, 0.15) is 0 Å². The molecule has 2 heteroatoms. The Labute approximate surface area is 78.9 Å². The Bertz CT molecular complexity index is 301. The second-order valence-electron chi connectivity index (χ2n) is 4.13. The molecule has 0 N–H and O–H groups in total. The number of hydrogen-bond donors (Lipinski definition) is 0. The van der Waals surface area contributed by atoms with Crippen molar-refractivity contribution in [3.63, 3.8) is 0 Å². The zero-order chi connectivity index (χ0) is 9.90. The van der Waals surface area contributed by atoms with Crippen LogP contribution in [0.15, 0.2) is 36.7 Å². The summed E-state index contributed by atoms with van der Waals surface area (Å²) < 4.78 is 1.56. The fraction of sp³-hybridized carbons (Fsp3) is 0.364. The molecule has 0 aliphatic rings. The first-order chi connectivity index (χ1) is 5.99. The molecule has 0 atom stereocenters. The van der Waals surface area contributed by atoms with Crippen LogP contribution in [0.3, 0.4) is 0 Å². The highest BCUT2D eigenvalue weighted by molar-refractivity contribution is 5.89. The summed E-state index contributed by atoms with van der Waals surface area (Å²) in [6, 6.07) is 3.67. The number of nitrogens with zero attached hydrogens (tertiary/aromatic N) is 1. The molecule has 0 amide bonds. The van der Waals surface area contributed by atoms with Crippen LogP contribution in [-0.4, -0.2) is 10.5 Å². The minimum Gasteiger partial charge on any atom is -0.291 e. The average Bonchev–Trinajstić information content (AvgIpc) is 2.50. The van der Waals surface area contributed by atoms with Crippen molar-refractivity contribution < 1.29 is 4.79 Å². The molecule has 0 saturated heterocycles. The topological polar surface area (TPSA) is 22.0 Å². The molecule has 0 fully saturated rings. The predicted octanol–water partition coefficient (Wildman–Crippen LogP) is 2.73. The number of allylic oxidation sites excluding steroid dienone is 2. The number of hydrogen-bond acceptors (Lipinski definition) is 1. The van der Waals surface area contributed by atoms with E-state index in [0.29, 0.717) is 0 Å². The van der Waals surface area contributed by atoms with Gasteiger partial charge < -0.3 is 0 Å². The molecule has 0 aromatic carbocycles. The monoisotopic (exact) mass is 177 g/mol. The molecule has 70 valence electrons. The molecule has 0 radical (unpaired) electrons. The summed E-state index contributed by atoms with van der Waals surface area (Å²) in [6.45, 7) is 6.19. The molecule has 13 heavy (non-hydrogen) atoms. The third-order valence-corrected chi connectivity index (χ3v) is 1.58. The molecule has 0 saturated carbocycles. The summed E-state index contributed by atoms with van der Waals surface area (Å²) in [6.07, 6.45) is 7.01. The standard InChI is InChI=1S/C11H15NO/c1-11(2,3)7-6-10(13)12-8-4-5-9-12/h4-9H,1-3H3/b7-6+. The Morgan fingerprint density at radius 3 is 2.23 bits per heavy atom. The van der Waals surface area contributed by atoms with Gasteiger partial charge >= 0.3 is 0 Å². The lowest BCUT2D eigenvalue weighted by atomic mass is 9.96. The Kier molecular flexibility index (Phi) is 2.71. The van der Waals surface area contributed by atoms with Gasteiger partial charge in [0.25, 0.3) is 5.91 Å². The molecule has 2 nitrogen and oxygen atoms in total. The van der Waals surface area contributed by atoms with Crippen LogP contribution in [0.1, 0.15) is 25.6 Å². The summed E-state index contributed by atoms with van der Waals surface area (Å²) in [5.74, 6) is -0.0000694. The molecule has 1 rings (SSSR count). The highest BCUT2D eigenvalue weighted by atomic mass is 16.1. The van der Waals surface area contributed by atoms with Gasteiger partial charge in [0.15, 0.2) is 0 Å². The van der Waals surface area contributed by atoms with Crippen molar-refractivity contribution in [2.24, 2.45) is 5.41 Å². The second kappa shape index (κ2) is 3.60. The summed E-state index contributed by atoms with van der Waals surface area (Å²) in [5, 5.41) is 0. The van der Waals surface area contributed by atoms with Crippen molar-refractivity contribution in [1.82, 2.24) is 4.57 Å². The van der Waals surface area contributed by atoms with Gasteiger partial charge in [-0.25, -0.2) is 0 Å². The third kappa shape index (κ3) is 3.28. The molecule has 0 bridgehead atoms. The van der Waals surface area contributed by atoms with Crippen LogP contribution in [0.2, 0.25) is 0 Å². The van der Waals surface area contributed by atoms with Crippen LogP contribution in [0, 0.1) is 5.41 Å². The van der Waals surface area contributed by atoms with Crippen LogP contribution >= 0.6 is 0 Å². The lowest BCUT2D eigenvalue weighted by Crippen LogP contribution is -2.06. The Morgan fingerprint density at radius 2 is 1.77 bits per heavy atom. The van der Waals surface area contributed by atoms with Crippen molar-refractivity contribution in [3.05, 3.63) is 36.7 Å².